The lowest BCUT2D eigenvalue weighted by atomic mass is 9.98. The topological polar surface area (TPSA) is 38.3 Å². The molecule has 2 aromatic carbocycles. The minimum absolute atomic E-state index is 0.0991. The predicted octanol–water partition coefficient (Wildman–Crippen LogP) is 3.16. The van der Waals surface area contributed by atoms with Gasteiger partial charge in [0.15, 0.2) is 0 Å². The molecule has 1 heterocycles. The molecule has 1 unspecified atom stereocenters. The smallest absolute Gasteiger partial charge is 0.223 e. The molecule has 3 nitrogen and oxygen atoms in total. The Morgan fingerprint density at radius 1 is 1.05 bits per heavy atom. The summed E-state index contributed by atoms with van der Waals surface area (Å²) in [5, 5.41) is 2.87. The molecule has 0 bridgehead atoms. The van der Waals surface area contributed by atoms with Gasteiger partial charge in [-0.1, -0.05) is 30.3 Å². The van der Waals surface area contributed by atoms with Crippen molar-refractivity contribution in [2.24, 2.45) is 5.92 Å². The van der Waals surface area contributed by atoms with Gasteiger partial charge in [-0.05, 0) is 42.7 Å². The van der Waals surface area contributed by atoms with Crippen LogP contribution in [0.2, 0.25) is 0 Å². The zero-order chi connectivity index (χ0) is 13.8. The van der Waals surface area contributed by atoms with Gasteiger partial charge in [-0.3, -0.25) is 4.79 Å². The number of hydrogen-bond donors (Lipinski definition) is 1. The molecule has 1 aliphatic rings. The van der Waals surface area contributed by atoms with E-state index in [4.69, 9.17) is 4.74 Å². The molecule has 1 fully saturated rings. The largest absolute Gasteiger partial charge is 0.457 e. The van der Waals surface area contributed by atoms with Gasteiger partial charge >= 0.3 is 0 Å². The molecule has 3 heteroatoms. The highest BCUT2D eigenvalue weighted by molar-refractivity contribution is 5.80. The maximum absolute atomic E-state index is 11.6. The van der Waals surface area contributed by atoms with Crippen molar-refractivity contribution >= 4 is 5.91 Å². The molecule has 0 spiro atoms. The summed E-state index contributed by atoms with van der Waals surface area (Å²) in [6.45, 7) is 0.795. The summed E-state index contributed by atoms with van der Waals surface area (Å²) < 4.78 is 5.81. The maximum Gasteiger partial charge on any atom is 0.223 e. The van der Waals surface area contributed by atoms with E-state index in [-0.39, 0.29) is 11.8 Å². The number of hydrogen-bond acceptors (Lipinski definition) is 2. The van der Waals surface area contributed by atoms with E-state index >= 15 is 0 Å². The van der Waals surface area contributed by atoms with E-state index in [0.717, 1.165) is 36.4 Å². The Hall–Kier alpha value is -2.29. The first-order chi connectivity index (χ1) is 9.81. The molecule has 0 saturated carbocycles. The Labute approximate surface area is 118 Å². The molecule has 102 valence electrons. The van der Waals surface area contributed by atoms with Crippen LogP contribution in [0.1, 0.15) is 12.0 Å². The van der Waals surface area contributed by atoms with E-state index in [2.05, 4.69) is 5.32 Å². The minimum atomic E-state index is 0.0991. The summed E-state index contributed by atoms with van der Waals surface area (Å²) in [6, 6.07) is 17.7. The van der Waals surface area contributed by atoms with Gasteiger partial charge in [0, 0.05) is 12.5 Å². The first kappa shape index (κ1) is 12.7. The molecule has 0 aromatic heterocycles. The van der Waals surface area contributed by atoms with Crippen LogP contribution in [-0.2, 0) is 11.2 Å². The molecule has 0 radical (unpaired) electrons. The van der Waals surface area contributed by atoms with Crippen molar-refractivity contribution < 1.29 is 9.53 Å². The Kier molecular flexibility index (Phi) is 3.68. The minimum Gasteiger partial charge on any atom is -0.457 e. The Bertz CT molecular complexity index is 595. The molecule has 1 N–H and O–H groups in total. The Morgan fingerprint density at radius 3 is 2.60 bits per heavy atom. The summed E-state index contributed by atoms with van der Waals surface area (Å²) in [5.41, 5.74) is 1.14. The fraction of sp³-hybridized carbons (Fsp3) is 0.235. The first-order valence-corrected chi connectivity index (χ1v) is 6.91. The van der Waals surface area contributed by atoms with E-state index in [1.54, 1.807) is 0 Å². The number of benzene rings is 2. The third-order valence-corrected chi connectivity index (χ3v) is 3.52. The third-order valence-electron chi connectivity index (χ3n) is 3.52. The molecule has 20 heavy (non-hydrogen) atoms. The van der Waals surface area contributed by atoms with Crippen LogP contribution in [0.15, 0.2) is 54.6 Å². The maximum atomic E-state index is 11.6. The van der Waals surface area contributed by atoms with E-state index in [0.29, 0.717) is 0 Å². The number of ether oxygens (including phenoxy) is 1. The Morgan fingerprint density at radius 2 is 1.85 bits per heavy atom. The van der Waals surface area contributed by atoms with Crippen molar-refractivity contribution in [1.29, 1.82) is 0 Å². The van der Waals surface area contributed by atoms with Crippen molar-refractivity contribution in [2.75, 3.05) is 6.54 Å². The summed E-state index contributed by atoms with van der Waals surface area (Å²) in [6.07, 6.45) is 1.69. The van der Waals surface area contributed by atoms with Crippen molar-refractivity contribution in [3.05, 3.63) is 60.2 Å². The van der Waals surface area contributed by atoms with E-state index in [1.165, 1.54) is 0 Å². The highest BCUT2D eigenvalue weighted by Crippen LogP contribution is 2.24. The third kappa shape index (κ3) is 2.99. The van der Waals surface area contributed by atoms with Crippen LogP contribution in [0.5, 0.6) is 11.5 Å². The van der Waals surface area contributed by atoms with Gasteiger partial charge in [-0.15, -0.1) is 0 Å². The number of amides is 1. The second-order valence-corrected chi connectivity index (χ2v) is 5.04. The summed E-state index contributed by atoms with van der Waals surface area (Å²) in [5.74, 6) is 1.90. The van der Waals surface area contributed by atoms with Crippen molar-refractivity contribution in [3.8, 4) is 11.5 Å². The normalized spacial score (nSPS) is 17.8. The molecule has 1 atom stereocenters. The van der Waals surface area contributed by atoms with Crippen LogP contribution in [0.4, 0.5) is 0 Å². The number of nitrogens with one attached hydrogen (secondary N) is 1. The number of carbonyl (C=O) groups is 1. The van der Waals surface area contributed by atoms with Crippen LogP contribution in [0.25, 0.3) is 0 Å². The number of rotatable bonds is 4. The van der Waals surface area contributed by atoms with Crippen molar-refractivity contribution in [2.45, 2.75) is 12.8 Å². The fourth-order valence-corrected chi connectivity index (χ4v) is 2.48. The van der Waals surface area contributed by atoms with Gasteiger partial charge in [0.1, 0.15) is 11.5 Å². The highest BCUT2D eigenvalue weighted by atomic mass is 16.5. The van der Waals surface area contributed by atoms with Gasteiger partial charge in [-0.2, -0.15) is 0 Å². The van der Waals surface area contributed by atoms with E-state index in [9.17, 15) is 4.79 Å². The van der Waals surface area contributed by atoms with Crippen LogP contribution >= 0.6 is 0 Å². The number of carbonyl (C=O) groups excluding carboxylic acids is 1. The van der Waals surface area contributed by atoms with Gasteiger partial charge in [0.2, 0.25) is 5.91 Å². The van der Waals surface area contributed by atoms with Crippen LogP contribution < -0.4 is 10.1 Å². The lowest BCUT2D eigenvalue weighted by Crippen LogP contribution is -2.20. The summed E-state index contributed by atoms with van der Waals surface area (Å²) in [7, 11) is 0. The van der Waals surface area contributed by atoms with Gasteiger partial charge < -0.3 is 10.1 Å². The van der Waals surface area contributed by atoms with Crippen molar-refractivity contribution in [3.63, 3.8) is 0 Å². The molecule has 0 aliphatic carbocycles. The molecule has 1 amide bonds. The average molecular weight is 267 g/mol. The monoisotopic (exact) mass is 267 g/mol. The Balaban J connectivity index is 1.71. The van der Waals surface area contributed by atoms with Gasteiger partial charge in [0.25, 0.3) is 0 Å². The van der Waals surface area contributed by atoms with Crippen LogP contribution in [0, 0.1) is 5.92 Å². The predicted molar refractivity (Wildman–Crippen MR) is 77.8 cm³/mol. The average Bonchev–Trinajstić information content (AvgIpc) is 2.86. The highest BCUT2D eigenvalue weighted by Gasteiger charge is 2.24. The summed E-state index contributed by atoms with van der Waals surface area (Å²) >= 11 is 0. The van der Waals surface area contributed by atoms with E-state index in [1.807, 2.05) is 54.6 Å². The molecule has 2 aromatic rings. The van der Waals surface area contributed by atoms with Crippen molar-refractivity contribution in [1.82, 2.24) is 5.32 Å². The fourth-order valence-electron chi connectivity index (χ4n) is 2.48. The quantitative estimate of drug-likeness (QED) is 0.924. The zero-order valence-electron chi connectivity index (χ0n) is 11.2. The molecule has 3 rings (SSSR count). The molecular formula is C17H17NO2. The first-order valence-electron chi connectivity index (χ1n) is 6.91. The second-order valence-electron chi connectivity index (χ2n) is 5.04. The number of para-hydroxylation sites is 1. The van der Waals surface area contributed by atoms with Crippen LogP contribution in [-0.4, -0.2) is 12.5 Å². The molecular weight excluding hydrogens is 250 g/mol. The molecule has 1 saturated heterocycles. The van der Waals surface area contributed by atoms with Crippen LogP contribution in [0.3, 0.4) is 0 Å². The SMILES string of the molecule is O=C1NCCC1Cc1cccc(Oc2ccccc2)c1. The zero-order valence-corrected chi connectivity index (χ0v) is 11.2. The van der Waals surface area contributed by atoms with Gasteiger partial charge in [-0.25, -0.2) is 0 Å². The van der Waals surface area contributed by atoms with Gasteiger partial charge in [0.05, 0.1) is 0 Å². The lowest BCUT2D eigenvalue weighted by Gasteiger charge is -2.10. The standard InChI is InChI=1S/C17H17NO2/c19-17-14(9-10-18-17)11-13-5-4-8-16(12-13)20-15-6-2-1-3-7-15/h1-8,12,14H,9-11H2,(H,18,19). The molecule has 1 aliphatic heterocycles. The van der Waals surface area contributed by atoms with E-state index < -0.39 is 0 Å². The lowest BCUT2D eigenvalue weighted by molar-refractivity contribution is -0.122. The second kappa shape index (κ2) is 5.78. The summed E-state index contributed by atoms with van der Waals surface area (Å²) in [4.78, 5) is 11.6.